The van der Waals surface area contributed by atoms with Gasteiger partial charge in [0.2, 0.25) is 0 Å². The maximum absolute atomic E-state index is 11.1. The first kappa shape index (κ1) is 10.8. The lowest BCUT2D eigenvalue weighted by Gasteiger charge is -2.30. The number of hydrogen-bond acceptors (Lipinski definition) is 3. The van der Waals surface area contributed by atoms with E-state index in [1.54, 1.807) is 4.90 Å². The highest BCUT2D eigenvalue weighted by Crippen LogP contribution is 2.16. The van der Waals surface area contributed by atoms with Crippen molar-refractivity contribution < 1.29 is 14.7 Å². The van der Waals surface area contributed by atoms with Crippen molar-refractivity contribution in [2.24, 2.45) is 0 Å². The highest BCUT2D eigenvalue weighted by molar-refractivity contribution is 6.40. The van der Waals surface area contributed by atoms with Crippen LogP contribution in [-0.2, 0) is 9.59 Å². The van der Waals surface area contributed by atoms with Gasteiger partial charge in [-0.15, -0.1) is 23.2 Å². The molecule has 0 aliphatic carbocycles. The molecular weight excluding hydrogens is 217 g/mol. The van der Waals surface area contributed by atoms with Gasteiger partial charge in [0, 0.05) is 13.1 Å². The quantitative estimate of drug-likeness (QED) is 0.682. The normalized spacial score (nSPS) is 30.5. The summed E-state index contributed by atoms with van der Waals surface area (Å²) in [5.74, 6) is -1.16. The van der Waals surface area contributed by atoms with E-state index >= 15 is 0 Å². The molecule has 0 aromatic heterocycles. The van der Waals surface area contributed by atoms with Gasteiger partial charge in [0.25, 0.3) is 0 Å². The summed E-state index contributed by atoms with van der Waals surface area (Å²) in [6, 6.07) is 0. The average Bonchev–Trinajstić information content (AvgIpc) is 1.98. The van der Waals surface area contributed by atoms with E-state index in [1.165, 1.54) is 0 Å². The second-order valence-electron chi connectivity index (χ2n) is 2.93. The molecule has 0 aromatic rings. The second kappa shape index (κ2) is 4.26. The first-order chi connectivity index (χ1) is 6.00. The molecule has 0 saturated carbocycles. The molecular formula is C7H9Cl2NO3. The van der Waals surface area contributed by atoms with Crippen molar-refractivity contribution in [2.45, 2.75) is 10.8 Å². The zero-order chi connectivity index (χ0) is 10.0. The molecule has 1 aliphatic rings. The molecule has 0 amide bonds. The van der Waals surface area contributed by atoms with Crippen LogP contribution in [0.2, 0.25) is 0 Å². The largest absolute Gasteiger partial charge is 0.480 e. The lowest BCUT2D eigenvalue weighted by Crippen LogP contribution is -2.50. The van der Waals surface area contributed by atoms with Crippen LogP contribution in [0.1, 0.15) is 0 Å². The molecule has 1 fully saturated rings. The summed E-state index contributed by atoms with van der Waals surface area (Å²) in [5.41, 5.74) is 0. The molecule has 2 atom stereocenters. The number of ketones is 1. The van der Waals surface area contributed by atoms with Crippen molar-refractivity contribution in [3.05, 3.63) is 0 Å². The van der Waals surface area contributed by atoms with Crippen LogP contribution in [0.25, 0.3) is 0 Å². The van der Waals surface area contributed by atoms with Gasteiger partial charge in [0.1, 0.15) is 10.8 Å². The van der Waals surface area contributed by atoms with Gasteiger partial charge in [-0.2, -0.15) is 0 Å². The van der Waals surface area contributed by atoms with Gasteiger partial charge >= 0.3 is 5.97 Å². The number of likely N-dealkylation sites (tertiary alicyclic amines) is 1. The number of rotatable bonds is 2. The van der Waals surface area contributed by atoms with E-state index in [1.807, 2.05) is 0 Å². The maximum Gasteiger partial charge on any atom is 0.317 e. The molecule has 0 spiro atoms. The smallest absolute Gasteiger partial charge is 0.317 e. The van der Waals surface area contributed by atoms with Crippen LogP contribution in [0, 0.1) is 0 Å². The van der Waals surface area contributed by atoms with Crippen molar-refractivity contribution in [3.63, 3.8) is 0 Å². The molecule has 13 heavy (non-hydrogen) atoms. The summed E-state index contributed by atoms with van der Waals surface area (Å²) in [5, 5.41) is 7.12. The lowest BCUT2D eigenvalue weighted by atomic mass is 10.1. The Kier molecular flexibility index (Phi) is 3.53. The van der Waals surface area contributed by atoms with Crippen LogP contribution in [0.5, 0.6) is 0 Å². The Bertz CT molecular complexity index is 220. The van der Waals surface area contributed by atoms with Crippen LogP contribution in [0.4, 0.5) is 0 Å². The second-order valence-corrected chi connectivity index (χ2v) is 3.98. The Morgan fingerprint density at radius 2 is 1.92 bits per heavy atom. The number of piperidine rings is 1. The van der Waals surface area contributed by atoms with Gasteiger partial charge in [0.15, 0.2) is 5.78 Å². The highest BCUT2D eigenvalue weighted by atomic mass is 35.5. The number of carbonyl (C=O) groups is 2. The number of hydrogen-bond donors (Lipinski definition) is 1. The zero-order valence-corrected chi connectivity index (χ0v) is 8.25. The molecule has 1 heterocycles. The molecule has 1 rings (SSSR count). The van der Waals surface area contributed by atoms with E-state index in [4.69, 9.17) is 28.3 Å². The predicted octanol–water partition coefficient (Wildman–Crippen LogP) is 0.170. The van der Waals surface area contributed by atoms with E-state index in [0.29, 0.717) is 0 Å². The monoisotopic (exact) mass is 225 g/mol. The molecule has 0 radical (unpaired) electrons. The fourth-order valence-corrected chi connectivity index (χ4v) is 1.98. The topological polar surface area (TPSA) is 57.6 Å². The van der Waals surface area contributed by atoms with E-state index in [9.17, 15) is 9.59 Å². The molecule has 4 nitrogen and oxygen atoms in total. The number of carboxylic acids is 1. The number of aliphatic carboxylic acids is 1. The number of carboxylic acid groups (broad SMARTS) is 1. The van der Waals surface area contributed by atoms with Crippen molar-refractivity contribution >= 4 is 35.0 Å². The average molecular weight is 226 g/mol. The molecule has 1 aliphatic heterocycles. The maximum atomic E-state index is 11.1. The number of Topliss-reactive ketones (excluding diaryl/α,β-unsaturated/α-hetero) is 1. The molecule has 1 saturated heterocycles. The number of alkyl halides is 2. The zero-order valence-electron chi connectivity index (χ0n) is 6.74. The Labute approximate surface area is 85.4 Å². The van der Waals surface area contributed by atoms with Crippen molar-refractivity contribution in [2.75, 3.05) is 19.6 Å². The van der Waals surface area contributed by atoms with E-state index in [0.717, 1.165) is 0 Å². The van der Waals surface area contributed by atoms with Gasteiger partial charge in [-0.3, -0.25) is 14.5 Å². The Balaban J connectivity index is 2.53. The minimum atomic E-state index is -0.943. The first-order valence-corrected chi connectivity index (χ1v) is 4.64. The summed E-state index contributed by atoms with van der Waals surface area (Å²) in [4.78, 5) is 23.0. The number of halogens is 2. The van der Waals surface area contributed by atoms with Gasteiger partial charge in [-0.05, 0) is 0 Å². The lowest BCUT2D eigenvalue weighted by molar-refractivity contribution is -0.139. The predicted molar refractivity (Wildman–Crippen MR) is 48.4 cm³/mol. The fourth-order valence-electron chi connectivity index (χ4n) is 1.22. The molecule has 74 valence electrons. The fraction of sp³-hybridized carbons (Fsp3) is 0.714. The Morgan fingerprint density at radius 1 is 1.46 bits per heavy atom. The van der Waals surface area contributed by atoms with Crippen molar-refractivity contribution in [1.82, 2.24) is 4.90 Å². The van der Waals surface area contributed by atoms with Crippen molar-refractivity contribution in [3.8, 4) is 0 Å². The van der Waals surface area contributed by atoms with Gasteiger partial charge in [-0.1, -0.05) is 0 Å². The summed E-state index contributed by atoms with van der Waals surface area (Å²) in [7, 11) is 0. The standard InChI is InChI=1S/C7H9Cl2NO3/c8-4-1-10(3-6(11)12)2-5(9)7(4)13/h4-5H,1-3H2,(H,11,12)/t4-,5-/m0/s1. The van der Waals surface area contributed by atoms with Gasteiger partial charge in [-0.25, -0.2) is 0 Å². The first-order valence-electron chi connectivity index (χ1n) is 3.76. The highest BCUT2D eigenvalue weighted by Gasteiger charge is 2.33. The van der Waals surface area contributed by atoms with Gasteiger partial charge < -0.3 is 5.11 Å². The summed E-state index contributed by atoms with van der Waals surface area (Å²) < 4.78 is 0. The van der Waals surface area contributed by atoms with E-state index in [-0.39, 0.29) is 25.4 Å². The minimum Gasteiger partial charge on any atom is -0.480 e. The van der Waals surface area contributed by atoms with E-state index < -0.39 is 16.7 Å². The third kappa shape index (κ3) is 2.83. The van der Waals surface area contributed by atoms with E-state index in [2.05, 4.69) is 0 Å². The summed E-state index contributed by atoms with van der Waals surface area (Å²) >= 11 is 11.3. The van der Waals surface area contributed by atoms with Crippen LogP contribution in [0.3, 0.4) is 0 Å². The summed E-state index contributed by atoms with van der Waals surface area (Å²) in [6.45, 7) is 0.394. The molecule has 1 N–H and O–H groups in total. The third-order valence-electron chi connectivity index (χ3n) is 1.81. The Hall–Kier alpha value is -0.320. The molecule has 6 heteroatoms. The SMILES string of the molecule is O=C(O)CN1C[C@H](Cl)C(=O)[C@@H](Cl)C1. The van der Waals surface area contributed by atoms with Crippen LogP contribution < -0.4 is 0 Å². The van der Waals surface area contributed by atoms with Crippen molar-refractivity contribution in [1.29, 1.82) is 0 Å². The summed E-state index contributed by atoms with van der Waals surface area (Å²) in [6.07, 6.45) is 0. The molecule has 0 aromatic carbocycles. The van der Waals surface area contributed by atoms with Crippen LogP contribution in [0.15, 0.2) is 0 Å². The molecule has 0 unspecified atom stereocenters. The number of carbonyl (C=O) groups excluding carboxylic acids is 1. The molecule has 0 bridgehead atoms. The minimum absolute atomic E-state index is 0.125. The third-order valence-corrected chi connectivity index (χ3v) is 2.52. The van der Waals surface area contributed by atoms with Gasteiger partial charge in [0.05, 0.1) is 6.54 Å². The van der Waals surface area contributed by atoms with Crippen LogP contribution >= 0.6 is 23.2 Å². The van der Waals surface area contributed by atoms with Crippen LogP contribution in [-0.4, -0.2) is 52.1 Å². The number of nitrogens with zero attached hydrogens (tertiary/aromatic N) is 1. The Morgan fingerprint density at radius 3 is 2.31 bits per heavy atom.